The summed E-state index contributed by atoms with van der Waals surface area (Å²) >= 11 is 6.64. The molecule has 0 saturated carbocycles. The van der Waals surface area contributed by atoms with Crippen LogP contribution in [0.3, 0.4) is 0 Å². The highest BCUT2D eigenvalue weighted by molar-refractivity contribution is 6.33. The van der Waals surface area contributed by atoms with Crippen LogP contribution in [-0.2, 0) is 6.42 Å². The molecule has 3 aromatic rings. The minimum absolute atomic E-state index is 0.0111. The summed E-state index contributed by atoms with van der Waals surface area (Å²) in [7, 11) is 0. The zero-order valence-corrected chi connectivity index (χ0v) is 19.6. The molecule has 1 heterocycles. The Morgan fingerprint density at radius 2 is 1.82 bits per heavy atom. The maximum absolute atomic E-state index is 13.6. The number of piperazine rings is 1. The fourth-order valence-electron chi connectivity index (χ4n) is 4.31. The molecule has 1 fully saturated rings. The van der Waals surface area contributed by atoms with Gasteiger partial charge < -0.3 is 14.7 Å². The molecule has 7 heteroatoms. The highest BCUT2D eigenvalue weighted by atomic mass is 35.5. The number of aliphatic hydroxyl groups is 1. The summed E-state index contributed by atoms with van der Waals surface area (Å²) in [5.41, 5.74) is 3.79. The van der Waals surface area contributed by atoms with Gasteiger partial charge in [-0.1, -0.05) is 35.9 Å². The van der Waals surface area contributed by atoms with Crippen LogP contribution in [0.15, 0.2) is 66.7 Å². The molecule has 0 unspecified atom stereocenters. The third-order valence-corrected chi connectivity index (χ3v) is 6.41. The predicted octanol–water partition coefficient (Wildman–Crippen LogP) is 4.83. The lowest BCUT2D eigenvalue weighted by molar-refractivity contribution is 0.201. The van der Waals surface area contributed by atoms with Gasteiger partial charge in [0.15, 0.2) is 0 Å². The van der Waals surface area contributed by atoms with Gasteiger partial charge in [0, 0.05) is 32.2 Å². The molecule has 0 radical (unpaired) electrons. The van der Waals surface area contributed by atoms with Gasteiger partial charge in [-0.15, -0.1) is 0 Å². The van der Waals surface area contributed by atoms with Crippen LogP contribution in [0.25, 0.3) is 0 Å². The minimum atomic E-state index is -0.257. The third kappa shape index (κ3) is 5.87. The second-order valence-corrected chi connectivity index (χ2v) is 8.71. The predicted molar refractivity (Wildman–Crippen MR) is 132 cm³/mol. The van der Waals surface area contributed by atoms with Crippen LogP contribution in [0, 0.1) is 17.1 Å². The van der Waals surface area contributed by atoms with Gasteiger partial charge in [0.05, 0.1) is 35.0 Å². The maximum Gasteiger partial charge on any atom is 0.123 e. The van der Waals surface area contributed by atoms with E-state index >= 15 is 0 Å². The Bertz CT molecular complexity index is 1130. The third-order valence-electron chi connectivity index (χ3n) is 6.11. The van der Waals surface area contributed by atoms with E-state index in [0.29, 0.717) is 16.3 Å². The smallest absolute Gasteiger partial charge is 0.123 e. The monoisotopic (exact) mass is 479 g/mol. The van der Waals surface area contributed by atoms with Crippen molar-refractivity contribution in [2.24, 2.45) is 0 Å². The molecule has 34 heavy (non-hydrogen) atoms. The first kappa shape index (κ1) is 24.0. The molecule has 1 aliphatic heterocycles. The van der Waals surface area contributed by atoms with Crippen LogP contribution in [0.4, 0.5) is 10.1 Å². The van der Waals surface area contributed by atoms with Crippen LogP contribution in [0.5, 0.6) is 5.75 Å². The van der Waals surface area contributed by atoms with Crippen molar-refractivity contribution < 1.29 is 14.2 Å². The molecule has 1 aliphatic rings. The molecule has 176 valence electrons. The van der Waals surface area contributed by atoms with Crippen LogP contribution >= 0.6 is 11.6 Å². The molecule has 3 aromatic carbocycles. The number of ether oxygens (including phenoxy) is 1. The number of hydrogen-bond donors (Lipinski definition) is 1. The van der Waals surface area contributed by atoms with E-state index in [1.54, 1.807) is 6.07 Å². The first-order valence-corrected chi connectivity index (χ1v) is 11.7. The number of benzene rings is 3. The first-order chi connectivity index (χ1) is 16.6. The van der Waals surface area contributed by atoms with E-state index in [2.05, 4.69) is 15.9 Å². The van der Waals surface area contributed by atoms with Gasteiger partial charge in [-0.2, -0.15) is 5.26 Å². The van der Waals surface area contributed by atoms with Crippen molar-refractivity contribution in [3.8, 4) is 11.8 Å². The largest absolute Gasteiger partial charge is 0.491 e. The van der Waals surface area contributed by atoms with Crippen LogP contribution in [0.1, 0.15) is 22.7 Å². The summed E-state index contributed by atoms with van der Waals surface area (Å²) in [5.74, 6) is 0.356. The lowest BCUT2D eigenvalue weighted by Crippen LogP contribution is -2.49. The number of nitriles is 1. The quantitative estimate of drug-likeness (QED) is 0.501. The van der Waals surface area contributed by atoms with Crippen molar-refractivity contribution >= 4 is 17.3 Å². The molecular formula is C27H27ClFN3O2. The molecular weight excluding hydrogens is 453 g/mol. The Balaban J connectivity index is 1.52. The average molecular weight is 480 g/mol. The molecule has 5 nitrogen and oxygen atoms in total. The highest BCUT2D eigenvalue weighted by Crippen LogP contribution is 2.37. The summed E-state index contributed by atoms with van der Waals surface area (Å²) in [5, 5.41) is 18.6. The molecule has 1 N–H and O–H groups in total. The fourth-order valence-corrected chi connectivity index (χ4v) is 4.59. The Hall–Kier alpha value is -3.11. The molecule has 1 saturated heterocycles. The lowest BCUT2D eigenvalue weighted by Gasteiger charge is -2.43. The van der Waals surface area contributed by atoms with Crippen molar-refractivity contribution in [3.05, 3.63) is 94.3 Å². The summed E-state index contributed by atoms with van der Waals surface area (Å²) in [4.78, 5) is 4.68. The molecule has 0 amide bonds. The SMILES string of the molecule is N#Cc1ccc(CCN2CCN(c3ccc(OCCO)cc3Cl)[C@H](c3ccc(F)cc3)C2)cc1. The number of halogens is 2. The van der Waals surface area contributed by atoms with Crippen molar-refractivity contribution in [2.75, 3.05) is 44.3 Å². The zero-order valence-electron chi connectivity index (χ0n) is 18.8. The van der Waals surface area contributed by atoms with Gasteiger partial charge in [0.2, 0.25) is 0 Å². The second-order valence-electron chi connectivity index (χ2n) is 8.31. The van der Waals surface area contributed by atoms with Crippen molar-refractivity contribution in [2.45, 2.75) is 12.5 Å². The summed E-state index contributed by atoms with van der Waals surface area (Å²) < 4.78 is 19.1. The molecule has 0 spiro atoms. The highest BCUT2D eigenvalue weighted by Gasteiger charge is 2.29. The van der Waals surface area contributed by atoms with Gasteiger partial charge in [-0.3, -0.25) is 4.90 Å². The van der Waals surface area contributed by atoms with Crippen molar-refractivity contribution in [3.63, 3.8) is 0 Å². The van der Waals surface area contributed by atoms with E-state index in [9.17, 15) is 4.39 Å². The molecule has 4 rings (SSSR count). The maximum atomic E-state index is 13.6. The number of nitrogens with zero attached hydrogens (tertiary/aromatic N) is 3. The van der Waals surface area contributed by atoms with E-state index < -0.39 is 0 Å². The number of hydrogen-bond acceptors (Lipinski definition) is 5. The Morgan fingerprint density at radius 1 is 1.06 bits per heavy atom. The fraction of sp³-hybridized carbons (Fsp3) is 0.296. The number of anilines is 1. The normalized spacial score (nSPS) is 16.3. The van der Waals surface area contributed by atoms with E-state index in [0.717, 1.165) is 43.9 Å². The van der Waals surface area contributed by atoms with Gasteiger partial charge in [0.1, 0.15) is 18.2 Å². The number of rotatable bonds is 8. The van der Waals surface area contributed by atoms with Crippen LogP contribution in [0.2, 0.25) is 5.02 Å². The molecule has 1 atom stereocenters. The van der Waals surface area contributed by atoms with E-state index in [4.69, 9.17) is 26.7 Å². The Morgan fingerprint density at radius 3 is 2.50 bits per heavy atom. The zero-order chi connectivity index (χ0) is 23.9. The van der Waals surface area contributed by atoms with Crippen molar-refractivity contribution in [1.29, 1.82) is 5.26 Å². The van der Waals surface area contributed by atoms with E-state index in [1.165, 1.54) is 17.7 Å². The average Bonchev–Trinajstić information content (AvgIpc) is 2.87. The Labute approximate surface area is 204 Å². The molecule has 0 aliphatic carbocycles. The molecule has 0 aromatic heterocycles. The first-order valence-electron chi connectivity index (χ1n) is 11.3. The second kappa shape index (κ2) is 11.3. The summed E-state index contributed by atoms with van der Waals surface area (Å²) in [6.45, 7) is 3.46. The minimum Gasteiger partial charge on any atom is -0.491 e. The van der Waals surface area contributed by atoms with Gasteiger partial charge in [-0.05, 0) is 53.9 Å². The van der Waals surface area contributed by atoms with E-state index in [-0.39, 0.29) is 25.1 Å². The van der Waals surface area contributed by atoms with Gasteiger partial charge >= 0.3 is 0 Å². The topological polar surface area (TPSA) is 59.7 Å². The summed E-state index contributed by atoms with van der Waals surface area (Å²) in [6, 6.07) is 22.1. The van der Waals surface area contributed by atoms with Gasteiger partial charge in [-0.25, -0.2) is 4.39 Å². The van der Waals surface area contributed by atoms with E-state index in [1.807, 2.05) is 48.5 Å². The van der Waals surface area contributed by atoms with Crippen LogP contribution in [-0.4, -0.2) is 49.4 Å². The standard InChI is InChI=1S/C27H27ClFN3O2/c28-25-17-24(34-16-15-33)9-10-26(25)32-14-13-31(12-11-20-1-3-21(18-30)4-2-20)19-27(32)22-5-7-23(29)8-6-22/h1-10,17,27,33H,11-16,19H2/t27-/m0/s1. The molecule has 0 bridgehead atoms. The number of aliphatic hydroxyl groups excluding tert-OH is 1. The van der Waals surface area contributed by atoms with Gasteiger partial charge in [0.25, 0.3) is 0 Å². The Kier molecular flexibility index (Phi) is 8.02. The van der Waals surface area contributed by atoms with Crippen molar-refractivity contribution in [1.82, 2.24) is 4.90 Å². The summed E-state index contributed by atoms with van der Waals surface area (Å²) in [6.07, 6.45) is 0.888. The van der Waals surface area contributed by atoms with Crippen LogP contribution < -0.4 is 9.64 Å². The lowest BCUT2D eigenvalue weighted by atomic mass is 10.0.